The van der Waals surface area contributed by atoms with Crippen molar-refractivity contribution in [2.45, 2.75) is 19.8 Å². The zero-order chi connectivity index (χ0) is 15.0. The minimum Gasteiger partial charge on any atom is -0.345 e. The van der Waals surface area contributed by atoms with Gasteiger partial charge in [-0.3, -0.25) is 9.59 Å². The van der Waals surface area contributed by atoms with E-state index >= 15 is 0 Å². The highest BCUT2D eigenvalue weighted by Crippen LogP contribution is 2.05. The van der Waals surface area contributed by atoms with Crippen LogP contribution in [0.4, 0.5) is 0 Å². The lowest BCUT2D eigenvalue weighted by Crippen LogP contribution is -2.22. The third kappa shape index (κ3) is 5.15. The van der Waals surface area contributed by atoms with E-state index in [4.69, 9.17) is 0 Å². The third-order valence-corrected chi connectivity index (χ3v) is 2.62. The van der Waals surface area contributed by atoms with E-state index in [-0.39, 0.29) is 11.8 Å². The van der Waals surface area contributed by atoms with Gasteiger partial charge in [-0.05, 0) is 30.7 Å². The maximum atomic E-state index is 11.7. The molecule has 106 valence electrons. The molecule has 1 rings (SSSR count). The van der Waals surface area contributed by atoms with Crippen molar-refractivity contribution in [3.8, 4) is 11.8 Å². The number of hydrogen-bond acceptors (Lipinski definition) is 2. The molecular formula is C16H20N2O2. The number of hydrogen-bond donors (Lipinski definition) is 1. The molecule has 0 bridgehead atoms. The molecule has 0 spiro atoms. The van der Waals surface area contributed by atoms with Gasteiger partial charge in [-0.25, -0.2) is 0 Å². The van der Waals surface area contributed by atoms with E-state index in [1.165, 1.54) is 4.90 Å². The summed E-state index contributed by atoms with van der Waals surface area (Å²) in [6.45, 7) is 2.30. The Morgan fingerprint density at radius 2 is 1.85 bits per heavy atom. The van der Waals surface area contributed by atoms with Crippen molar-refractivity contribution in [2.75, 3.05) is 20.6 Å². The highest BCUT2D eigenvalue weighted by atomic mass is 16.2. The van der Waals surface area contributed by atoms with Crippen LogP contribution in [0, 0.1) is 11.8 Å². The summed E-state index contributed by atoms with van der Waals surface area (Å²) in [6, 6.07) is 7.11. The lowest BCUT2D eigenvalue weighted by molar-refractivity contribution is -0.120. The summed E-state index contributed by atoms with van der Waals surface area (Å²) in [4.78, 5) is 24.4. The van der Waals surface area contributed by atoms with Gasteiger partial charge >= 0.3 is 0 Å². The van der Waals surface area contributed by atoms with Gasteiger partial charge in [-0.1, -0.05) is 18.8 Å². The van der Waals surface area contributed by atoms with Crippen LogP contribution in [0.1, 0.15) is 35.7 Å². The number of benzene rings is 1. The summed E-state index contributed by atoms with van der Waals surface area (Å²) < 4.78 is 0. The van der Waals surface area contributed by atoms with Crippen molar-refractivity contribution in [1.82, 2.24) is 10.2 Å². The SMILES string of the molecule is CCCC(=O)NCC#Cc1ccc(C(=O)N(C)C)cc1. The van der Waals surface area contributed by atoms with Crippen LogP contribution in [0.15, 0.2) is 24.3 Å². The molecule has 0 saturated heterocycles. The predicted molar refractivity (Wildman–Crippen MR) is 79.3 cm³/mol. The lowest BCUT2D eigenvalue weighted by atomic mass is 10.1. The predicted octanol–water partition coefficient (Wildman–Crippen LogP) is 1.66. The highest BCUT2D eigenvalue weighted by molar-refractivity contribution is 5.93. The van der Waals surface area contributed by atoms with Gasteiger partial charge < -0.3 is 10.2 Å². The number of nitrogens with one attached hydrogen (secondary N) is 1. The number of nitrogens with zero attached hydrogens (tertiary/aromatic N) is 1. The van der Waals surface area contributed by atoms with Crippen LogP contribution in [-0.4, -0.2) is 37.4 Å². The Hall–Kier alpha value is -2.28. The Morgan fingerprint density at radius 3 is 2.40 bits per heavy atom. The fraction of sp³-hybridized carbons (Fsp3) is 0.375. The van der Waals surface area contributed by atoms with Crippen LogP contribution in [0.3, 0.4) is 0 Å². The maximum Gasteiger partial charge on any atom is 0.253 e. The second kappa shape index (κ2) is 8.00. The first-order valence-electron chi connectivity index (χ1n) is 6.62. The van der Waals surface area contributed by atoms with Gasteiger partial charge in [-0.2, -0.15) is 0 Å². The van der Waals surface area contributed by atoms with Crippen LogP contribution in [0.5, 0.6) is 0 Å². The Labute approximate surface area is 120 Å². The van der Waals surface area contributed by atoms with Gasteiger partial charge in [0.15, 0.2) is 0 Å². The minimum absolute atomic E-state index is 0.0220. The minimum atomic E-state index is -0.0312. The molecule has 0 atom stereocenters. The van der Waals surface area contributed by atoms with E-state index in [1.807, 2.05) is 6.92 Å². The summed E-state index contributed by atoms with van der Waals surface area (Å²) in [5, 5.41) is 2.73. The molecule has 0 aliphatic rings. The van der Waals surface area contributed by atoms with Gasteiger partial charge in [0.25, 0.3) is 5.91 Å². The molecule has 0 aliphatic carbocycles. The van der Waals surface area contributed by atoms with Crippen molar-refractivity contribution in [3.63, 3.8) is 0 Å². The van der Waals surface area contributed by atoms with Gasteiger partial charge in [0, 0.05) is 31.6 Å². The van der Waals surface area contributed by atoms with Crippen LogP contribution >= 0.6 is 0 Å². The number of carbonyl (C=O) groups is 2. The first-order valence-corrected chi connectivity index (χ1v) is 6.62. The average Bonchev–Trinajstić information content (AvgIpc) is 2.43. The topological polar surface area (TPSA) is 49.4 Å². The number of rotatable bonds is 4. The Kier molecular flexibility index (Phi) is 6.31. The van der Waals surface area contributed by atoms with E-state index in [0.717, 1.165) is 12.0 Å². The monoisotopic (exact) mass is 272 g/mol. The zero-order valence-corrected chi connectivity index (χ0v) is 12.2. The molecule has 0 radical (unpaired) electrons. The van der Waals surface area contributed by atoms with Crippen molar-refractivity contribution >= 4 is 11.8 Å². The van der Waals surface area contributed by atoms with Crippen LogP contribution in [-0.2, 0) is 4.79 Å². The first kappa shape index (κ1) is 15.8. The summed E-state index contributed by atoms with van der Waals surface area (Å²) in [5.74, 6) is 5.82. The van der Waals surface area contributed by atoms with Gasteiger partial charge in [0.2, 0.25) is 5.91 Å². The molecule has 1 N–H and O–H groups in total. The Bertz CT molecular complexity index is 522. The van der Waals surface area contributed by atoms with Crippen molar-refractivity contribution in [3.05, 3.63) is 35.4 Å². The lowest BCUT2D eigenvalue weighted by Gasteiger charge is -2.09. The average molecular weight is 272 g/mol. The van der Waals surface area contributed by atoms with E-state index in [9.17, 15) is 9.59 Å². The fourth-order valence-electron chi connectivity index (χ4n) is 1.56. The number of carbonyl (C=O) groups excluding carboxylic acids is 2. The van der Waals surface area contributed by atoms with Crippen molar-refractivity contribution in [2.24, 2.45) is 0 Å². The van der Waals surface area contributed by atoms with Gasteiger partial charge in [-0.15, -0.1) is 0 Å². The first-order chi connectivity index (χ1) is 9.54. The molecule has 0 aliphatic heterocycles. The molecular weight excluding hydrogens is 252 g/mol. The standard InChI is InChI=1S/C16H20N2O2/c1-4-6-15(19)17-12-5-7-13-8-10-14(11-9-13)16(20)18(2)3/h8-11H,4,6,12H2,1-3H3,(H,17,19). The van der Waals surface area contributed by atoms with Crippen molar-refractivity contribution in [1.29, 1.82) is 0 Å². The van der Waals surface area contributed by atoms with Gasteiger partial charge in [0.05, 0.1) is 6.54 Å². The second-order valence-corrected chi connectivity index (χ2v) is 4.61. The smallest absolute Gasteiger partial charge is 0.253 e. The maximum absolute atomic E-state index is 11.7. The molecule has 2 amide bonds. The van der Waals surface area contributed by atoms with Crippen LogP contribution in [0.2, 0.25) is 0 Å². The molecule has 1 aromatic rings. The molecule has 20 heavy (non-hydrogen) atoms. The molecule has 0 heterocycles. The largest absolute Gasteiger partial charge is 0.345 e. The highest BCUT2D eigenvalue weighted by Gasteiger charge is 2.06. The summed E-state index contributed by atoms with van der Waals surface area (Å²) in [6.07, 6.45) is 1.36. The Morgan fingerprint density at radius 1 is 1.20 bits per heavy atom. The molecule has 0 unspecified atom stereocenters. The summed E-state index contributed by atoms with van der Waals surface area (Å²) in [5.41, 5.74) is 1.46. The third-order valence-electron chi connectivity index (χ3n) is 2.62. The summed E-state index contributed by atoms with van der Waals surface area (Å²) in [7, 11) is 3.43. The van der Waals surface area contributed by atoms with E-state index in [0.29, 0.717) is 18.5 Å². The van der Waals surface area contributed by atoms with E-state index < -0.39 is 0 Å². The van der Waals surface area contributed by atoms with Crippen LogP contribution < -0.4 is 5.32 Å². The van der Waals surface area contributed by atoms with E-state index in [2.05, 4.69) is 17.2 Å². The van der Waals surface area contributed by atoms with E-state index in [1.54, 1.807) is 38.4 Å². The second-order valence-electron chi connectivity index (χ2n) is 4.61. The molecule has 0 aromatic heterocycles. The fourth-order valence-corrected chi connectivity index (χ4v) is 1.56. The quantitative estimate of drug-likeness (QED) is 0.847. The molecule has 1 aromatic carbocycles. The molecule has 0 fully saturated rings. The summed E-state index contributed by atoms with van der Waals surface area (Å²) >= 11 is 0. The normalized spacial score (nSPS) is 9.35. The zero-order valence-electron chi connectivity index (χ0n) is 12.2. The molecule has 4 heteroatoms. The van der Waals surface area contributed by atoms with Gasteiger partial charge in [0.1, 0.15) is 0 Å². The van der Waals surface area contributed by atoms with Crippen molar-refractivity contribution < 1.29 is 9.59 Å². The molecule has 0 saturated carbocycles. The molecule has 4 nitrogen and oxygen atoms in total. The van der Waals surface area contributed by atoms with Crippen LogP contribution in [0.25, 0.3) is 0 Å². The number of amides is 2. The Balaban J connectivity index is 2.54.